The summed E-state index contributed by atoms with van der Waals surface area (Å²) in [7, 11) is 0. The Morgan fingerprint density at radius 2 is 0.902 bits per heavy atom. The topological polar surface area (TPSA) is 61.7 Å². The number of furan rings is 1. The first kappa shape index (κ1) is 33.6. The molecule has 6 heteroatoms. The summed E-state index contributed by atoms with van der Waals surface area (Å²) in [5, 5.41) is 9.06. The summed E-state index contributed by atoms with van der Waals surface area (Å²) in [6.07, 6.45) is 0. The fourth-order valence-electron chi connectivity index (χ4n) is 9.36. The summed E-state index contributed by atoms with van der Waals surface area (Å²) >= 11 is 0. The molecule has 61 heavy (non-hydrogen) atoms. The Morgan fingerprint density at radius 1 is 0.328 bits per heavy atom. The van der Waals surface area contributed by atoms with E-state index in [0.717, 1.165) is 82.7 Å². The molecule has 9 aromatic carbocycles. The number of benzene rings is 9. The molecule has 284 valence electrons. The Bertz CT molecular complexity index is 3840. The van der Waals surface area contributed by atoms with E-state index < -0.39 is 0 Å². The van der Waals surface area contributed by atoms with Gasteiger partial charge in [-0.1, -0.05) is 146 Å². The lowest BCUT2D eigenvalue weighted by molar-refractivity contribution is 0.669. The molecule has 0 aliphatic carbocycles. The number of para-hydroxylation sites is 4. The Morgan fingerprint density at radius 3 is 1.66 bits per heavy atom. The van der Waals surface area contributed by atoms with Gasteiger partial charge in [0.15, 0.2) is 11.6 Å². The molecule has 4 aromatic heterocycles. The van der Waals surface area contributed by atoms with Crippen LogP contribution in [0.4, 0.5) is 0 Å². The van der Waals surface area contributed by atoms with Crippen molar-refractivity contribution in [3.63, 3.8) is 0 Å². The minimum absolute atomic E-state index is 0.534. The van der Waals surface area contributed by atoms with E-state index in [1.165, 1.54) is 21.5 Å². The minimum Gasteiger partial charge on any atom is -0.456 e. The van der Waals surface area contributed by atoms with Crippen LogP contribution in [0.15, 0.2) is 205 Å². The first-order valence-electron chi connectivity index (χ1n) is 20.5. The second-order valence-electron chi connectivity index (χ2n) is 15.6. The number of fused-ring (bicyclic) bond motifs is 10. The maximum Gasteiger partial charge on any atom is 0.238 e. The summed E-state index contributed by atoms with van der Waals surface area (Å²) in [4.78, 5) is 16.2. The molecule has 13 aromatic rings. The highest BCUT2D eigenvalue weighted by Crippen LogP contribution is 2.42. The maximum atomic E-state index is 6.63. The van der Waals surface area contributed by atoms with Crippen LogP contribution in [-0.2, 0) is 0 Å². The average molecular weight is 780 g/mol. The molecule has 0 saturated carbocycles. The van der Waals surface area contributed by atoms with E-state index >= 15 is 0 Å². The molecule has 4 heterocycles. The molecule has 0 bridgehead atoms. The lowest BCUT2D eigenvalue weighted by atomic mass is 10.0. The highest BCUT2D eigenvalue weighted by atomic mass is 16.3. The van der Waals surface area contributed by atoms with Crippen molar-refractivity contribution < 1.29 is 4.42 Å². The highest BCUT2D eigenvalue weighted by molar-refractivity contribution is 6.15. The lowest BCUT2D eigenvalue weighted by Gasteiger charge is -2.16. The van der Waals surface area contributed by atoms with Crippen molar-refractivity contribution in [2.75, 3.05) is 0 Å². The molecule has 0 radical (unpaired) electrons. The molecule has 0 unspecified atom stereocenters. The Hall–Kier alpha value is -8.35. The van der Waals surface area contributed by atoms with Gasteiger partial charge in [-0.2, -0.15) is 9.97 Å². The van der Waals surface area contributed by atoms with E-state index in [2.05, 4.69) is 191 Å². The number of hydrogen-bond acceptors (Lipinski definition) is 4. The summed E-state index contributed by atoms with van der Waals surface area (Å²) in [5.74, 6) is 1.64. The molecule has 6 nitrogen and oxygen atoms in total. The number of rotatable bonds is 5. The van der Waals surface area contributed by atoms with Crippen molar-refractivity contribution in [3.8, 4) is 45.5 Å². The third-order valence-corrected chi connectivity index (χ3v) is 12.1. The third kappa shape index (κ3) is 5.19. The zero-order chi connectivity index (χ0) is 40.0. The van der Waals surface area contributed by atoms with Gasteiger partial charge < -0.3 is 8.98 Å². The number of nitrogens with zero attached hydrogens (tertiary/aromatic N) is 5. The minimum atomic E-state index is 0.534. The van der Waals surface area contributed by atoms with Crippen molar-refractivity contribution in [2.45, 2.75) is 0 Å². The van der Waals surface area contributed by atoms with Crippen molar-refractivity contribution >= 4 is 76.3 Å². The van der Waals surface area contributed by atoms with Gasteiger partial charge >= 0.3 is 0 Å². The van der Waals surface area contributed by atoms with Gasteiger partial charge in [0.05, 0.1) is 27.8 Å². The van der Waals surface area contributed by atoms with Gasteiger partial charge in [-0.25, -0.2) is 4.98 Å². The van der Waals surface area contributed by atoms with Crippen LogP contribution in [0.2, 0.25) is 0 Å². The van der Waals surface area contributed by atoms with Crippen LogP contribution in [0.25, 0.3) is 122 Å². The Kier molecular flexibility index (Phi) is 7.21. The maximum absolute atomic E-state index is 6.63. The second-order valence-corrected chi connectivity index (χ2v) is 15.6. The first-order chi connectivity index (χ1) is 30.2. The lowest BCUT2D eigenvalue weighted by Crippen LogP contribution is -2.08. The van der Waals surface area contributed by atoms with Gasteiger partial charge in [0, 0.05) is 43.4 Å². The van der Waals surface area contributed by atoms with E-state index in [0.29, 0.717) is 17.6 Å². The van der Waals surface area contributed by atoms with E-state index in [-0.39, 0.29) is 0 Å². The zero-order valence-corrected chi connectivity index (χ0v) is 32.7. The predicted octanol–water partition coefficient (Wildman–Crippen LogP) is 14.1. The van der Waals surface area contributed by atoms with Crippen molar-refractivity contribution in [3.05, 3.63) is 200 Å². The Labute approximate surface area is 349 Å². The predicted molar refractivity (Wildman–Crippen MR) is 250 cm³/mol. The highest BCUT2D eigenvalue weighted by Gasteiger charge is 2.24. The van der Waals surface area contributed by atoms with Crippen LogP contribution in [-0.4, -0.2) is 24.1 Å². The van der Waals surface area contributed by atoms with Crippen LogP contribution in [0.3, 0.4) is 0 Å². The van der Waals surface area contributed by atoms with E-state index in [9.17, 15) is 0 Å². The molecular weight excluding hydrogens is 747 g/mol. The fourth-order valence-corrected chi connectivity index (χ4v) is 9.36. The first-order valence-corrected chi connectivity index (χ1v) is 20.5. The van der Waals surface area contributed by atoms with E-state index in [1.807, 2.05) is 18.2 Å². The van der Waals surface area contributed by atoms with Gasteiger partial charge in [0.1, 0.15) is 11.2 Å². The monoisotopic (exact) mass is 779 g/mol. The van der Waals surface area contributed by atoms with Crippen LogP contribution < -0.4 is 0 Å². The van der Waals surface area contributed by atoms with Crippen LogP contribution in [0.1, 0.15) is 0 Å². The van der Waals surface area contributed by atoms with Crippen molar-refractivity contribution in [2.24, 2.45) is 0 Å². The molecular formula is C55H33N5O. The largest absolute Gasteiger partial charge is 0.456 e. The third-order valence-electron chi connectivity index (χ3n) is 12.1. The summed E-state index contributed by atoms with van der Waals surface area (Å²) in [5.41, 5.74) is 10.7. The number of hydrogen-bond donors (Lipinski definition) is 0. The quantitative estimate of drug-likeness (QED) is 0.175. The molecule has 0 aliphatic heterocycles. The van der Waals surface area contributed by atoms with E-state index in [4.69, 9.17) is 19.4 Å². The molecule has 13 rings (SSSR count). The molecule has 0 atom stereocenters. The molecule has 0 amide bonds. The molecule has 0 N–H and O–H groups in total. The smallest absolute Gasteiger partial charge is 0.238 e. The standard InChI is InChI=1S/C55H33N5O/c1-2-15-34(16-3-1)35-19-14-20-38(29-35)53-56-54(58-55(57-53)60-47-26-11-6-21-39(47)40-22-7-12-27-48(40)60)45-33-52-44(42-24-9-13-28-51(42)61-52)32-50(45)59-46-25-10-8-23-41(46)43-30-36-17-4-5-18-37(36)31-49(43)59/h1-33H. The van der Waals surface area contributed by atoms with Gasteiger partial charge in [0.2, 0.25) is 5.95 Å². The zero-order valence-electron chi connectivity index (χ0n) is 32.7. The molecule has 0 aliphatic rings. The summed E-state index contributed by atoms with van der Waals surface area (Å²) in [6, 6.07) is 70.3. The van der Waals surface area contributed by atoms with Crippen LogP contribution >= 0.6 is 0 Å². The average Bonchev–Trinajstić information content (AvgIpc) is 3.97. The van der Waals surface area contributed by atoms with Crippen LogP contribution in [0, 0.1) is 0 Å². The normalized spacial score (nSPS) is 11.9. The Balaban J connectivity index is 1.16. The van der Waals surface area contributed by atoms with Gasteiger partial charge in [0.25, 0.3) is 0 Å². The van der Waals surface area contributed by atoms with Gasteiger partial charge in [-0.3, -0.25) is 4.57 Å². The molecule has 0 spiro atoms. The molecule has 0 saturated heterocycles. The van der Waals surface area contributed by atoms with Gasteiger partial charge in [-0.05, 0) is 76.5 Å². The summed E-state index contributed by atoms with van der Waals surface area (Å²) < 4.78 is 11.2. The summed E-state index contributed by atoms with van der Waals surface area (Å²) in [6.45, 7) is 0. The van der Waals surface area contributed by atoms with E-state index in [1.54, 1.807) is 0 Å². The number of aromatic nitrogens is 5. The van der Waals surface area contributed by atoms with Crippen LogP contribution in [0.5, 0.6) is 0 Å². The van der Waals surface area contributed by atoms with Crippen molar-refractivity contribution in [1.82, 2.24) is 24.1 Å². The second kappa shape index (κ2) is 13.1. The SMILES string of the molecule is c1ccc(-c2cccc(-c3nc(-c4cc5oc6ccccc6c5cc4-n4c5ccccc5c5cc6ccccc6cc54)nc(-n4c5ccccc5c5ccccc54)n3)c2)cc1. The van der Waals surface area contributed by atoms with Crippen molar-refractivity contribution in [1.29, 1.82) is 0 Å². The molecule has 0 fully saturated rings. The van der Waals surface area contributed by atoms with Gasteiger partial charge in [-0.15, -0.1) is 0 Å². The fraction of sp³-hybridized carbons (Fsp3) is 0.